The highest BCUT2D eigenvalue weighted by molar-refractivity contribution is 7.12. The third kappa shape index (κ3) is 2.97. The molecule has 0 spiro atoms. The molecule has 0 aromatic carbocycles. The van der Waals surface area contributed by atoms with Gasteiger partial charge in [-0.3, -0.25) is 0 Å². The fourth-order valence-electron chi connectivity index (χ4n) is 1.56. The first kappa shape index (κ1) is 11.9. The number of methoxy groups -OCH3 is 1. The maximum Gasteiger partial charge on any atom is 0.214 e. The highest BCUT2D eigenvalue weighted by Crippen LogP contribution is 2.22. The lowest BCUT2D eigenvalue weighted by Gasteiger charge is -2.05. The van der Waals surface area contributed by atoms with Crippen LogP contribution >= 0.6 is 11.3 Å². The summed E-state index contributed by atoms with van der Waals surface area (Å²) in [7, 11) is 1.62. The molecule has 90 valence electrons. The molecule has 4 heteroatoms. The Hall–Kier alpha value is -1.55. The number of ether oxygens (including phenoxy) is 1. The average Bonchev–Trinajstić information content (AvgIpc) is 2.67. The number of pyridine rings is 1. The largest absolute Gasteiger partial charge is 0.481 e. The van der Waals surface area contributed by atoms with Crippen molar-refractivity contribution in [1.82, 2.24) is 4.98 Å². The van der Waals surface area contributed by atoms with Crippen molar-refractivity contribution in [3.8, 4) is 5.88 Å². The topological polar surface area (TPSA) is 34.1 Å². The van der Waals surface area contributed by atoms with E-state index in [0.717, 1.165) is 12.2 Å². The van der Waals surface area contributed by atoms with Gasteiger partial charge in [0.05, 0.1) is 7.11 Å². The first-order valence-corrected chi connectivity index (χ1v) is 6.30. The van der Waals surface area contributed by atoms with Crippen molar-refractivity contribution in [3.05, 3.63) is 39.7 Å². The van der Waals surface area contributed by atoms with Crippen LogP contribution in [0.4, 0.5) is 5.69 Å². The van der Waals surface area contributed by atoms with Gasteiger partial charge in [0, 0.05) is 34.2 Å². The zero-order valence-electron chi connectivity index (χ0n) is 10.3. The number of anilines is 1. The number of hydrogen-bond donors (Lipinski definition) is 1. The molecule has 0 aliphatic heterocycles. The van der Waals surface area contributed by atoms with E-state index in [2.05, 4.69) is 30.2 Å². The minimum Gasteiger partial charge on any atom is -0.481 e. The number of nitrogens with zero attached hydrogens (tertiary/aromatic N) is 1. The second-order valence-electron chi connectivity index (χ2n) is 3.89. The molecule has 2 rings (SSSR count). The highest BCUT2D eigenvalue weighted by Gasteiger charge is 2.02. The van der Waals surface area contributed by atoms with E-state index in [4.69, 9.17) is 4.74 Å². The van der Waals surface area contributed by atoms with Gasteiger partial charge < -0.3 is 10.1 Å². The summed E-state index contributed by atoms with van der Waals surface area (Å²) in [5.74, 6) is 0.633. The fourth-order valence-corrected chi connectivity index (χ4v) is 2.55. The van der Waals surface area contributed by atoms with Crippen molar-refractivity contribution in [2.45, 2.75) is 20.4 Å². The van der Waals surface area contributed by atoms with E-state index in [1.165, 1.54) is 15.3 Å². The lowest BCUT2D eigenvalue weighted by atomic mass is 10.3. The zero-order chi connectivity index (χ0) is 12.3. The molecule has 0 bridgehead atoms. The molecule has 0 aliphatic carbocycles. The molecule has 0 radical (unpaired) electrons. The summed E-state index contributed by atoms with van der Waals surface area (Å²) in [5.41, 5.74) is 2.39. The molecule has 2 aromatic rings. The lowest BCUT2D eigenvalue weighted by Crippen LogP contribution is -1.98. The van der Waals surface area contributed by atoms with Gasteiger partial charge >= 0.3 is 0 Å². The normalized spacial score (nSPS) is 10.3. The smallest absolute Gasteiger partial charge is 0.214 e. The Labute approximate surface area is 105 Å². The number of nitrogens with one attached hydrogen (secondary N) is 1. The third-order valence-corrected chi connectivity index (χ3v) is 3.78. The van der Waals surface area contributed by atoms with E-state index >= 15 is 0 Å². The molecule has 0 amide bonds. The van der Waals surface area contributed by atoms with E-state index in [1.54, 1.807) is 13.3 Å². The number of rotatable bonds is 4. The van der Waals surface area contributed by atoms with Crippen LogP contribution < -0.4 is 10.1 Å². The van der Waals surface area contributed by atoms with E-state index in [9.17, 15) is 0 Å². The molecule has 0 atom stereocenters. The maximum absolute atomic E-state index is 5.08. The van der Waals surface area contributed by atoms with Crippen LogP contribution in [0, 0.1) is 13.8 Å². The minimum absolute atomic E-state index is 0.633. The molecule has 0 saturated carbocycles. The Morgan fingerprint density at radius 1 is 1.35 bits per heavy atom. The molecule has 2 heterocycles. The molecule has 1 N–H and O–H groups in total. The lowest BCUT2D eigenvalue weighted by molar-refractivity contribution is 0.398. The summed E-state index contributed by atoms with van der Waals surface area (Å²) in [5, 5.41) is 3.37. The van der Waals surface area contributed by atoms with Gasteiger partial charge in [-0.25, -0.2) is 4.98 Å². The van der Waals surface area contributed by atoms with E-state index < -0.39 is 0 Å². The predicted octanol–water partition coefficient (Wildman–Crippen LogP) is 3.38. The summed E-state index contributed by atoms with van der Waals surface area (Å²) >= 11 is 1.83. The van der Waals surface area contributed by atoms with Crippen LogP contribution in [0.15, 0.2) is 24.4 Å². The molecular formula is C13H16N2OS. The van der Waals surface area contributed by atoms with Crippen LogP contribution in [0.2, 0.25) is 0 Å². The Morgan fingerprint density at radius 3 is 2.82 bits per heavy atom. The van der Waals surface area contributed by atoms with Crippen molar-refractivity contribution in [2.24, 2.45) is 0 Å². The Balaban J connectivity index is 2.01. The summed E-state index contributed by atoms with van der Waals surface area (Å²) in [6.45, 7) is 5.14. The van der Waals surface area contributed by atoms with E-state index in [1.807, 2.05) is 23.5 Å². The molecule has 0 fully saturated rings. The zero-order valence-corrected chi connectivity index (χ0v) is 11.1. The Kier molecular flexibility index (Phi) is 3.64. The third-order valence-electron chi connectivity index (χ3n) is 2.63. The van der Waals surface area contributed by atoms with Gasteiger partial charge in [0.25, 0.3) is 0 Å². The van der Waals surface area contributed by atoms with Crippen molar-refractivity contribution in [1.29, 1.82) is 0 Å². The highest BCUT2D eigenvalue weighted by atomic mass is 32.1. The molecule has 17 heavy (non-hydrogen) atoms. The first-order chi connectivity index (χ1) is 8.19. The molecule has 0 saturated heterocycles. The van der Waals surface area contributed by atoms with Crippen molar-refractivity contribution < 1.29 is 4.74 Å². The van der Waals surface area contributed by atoms with Crippen molar-refractivity contribution in [3.63, 3.8) is 0 Å². The Bertz CT molecular complexity index is 488. The first-order valence-electron chi connectivity index (χ1n) is 5.49. The van der Waals surface area contributed by atoms with Crippen molar-refractivity contribution in [2.75, 3.05) is 12.4 Å². The molecule has 3 nitrogen and oxygen atoms in total. The van der Waals surface area contributed by atoms with Crippen LogP contribution in [0.1, 0.15) is 15.3 Å². The van der Waals surface area contributed by atoms with Gasteiger partial charge in [-0.2, -0.15) is 0 Å². The minimum atomic E-state index is 0.633. The van der Waals surface area contributed by atoms with Crippen LogP contribution in [0.3, 0.4) is 0 Å². The number of aromatic nitrogens is 1. The quantitative estimate of drug-likeness (QED) is 0.900. The number of hydrogen-bond acceptors (Lipinski definition) is 4. The monoisotopic (exact) mass is 248 g/mol. The Morgan fingerprint density at radius 2 is 2.18 bits per heavy atom. The summed E-state index contributed by atoms with van der Waals surface area (Å²) < 4.78 is 5.08. The fraction of sp³-hybridized carbons (Fsp3) is 0.308. The van der Waals surface area contributed by atoms with Crippen molar-refractivity contribution >= 4 is 17.0 Å². The number of aryl methyl sites for hydroxylation is 2. The molecule has 0 unspecified atom stereocenters. The standard InChI is InChI=1S/C13H16N2OS/c1-9-6-12(17-10(9)2)8-15-11-4-5-14-13(7-11)16-3/h4-7H,8H2,1-3H3,(H,14,15). The molecular weight excluding hydrogens is 232 g/mol. The van der Waals surface area contributed by atoms with Gasteiger partial charge in [-0.05, 0) is 31.5 Å². The van der Waals surface area contributed by atoms with E-state index in [-0.39, 0.29) is 0 Å². The molecule has 2 aromatic heterocycles. The summed E-state index contributed by atoms with van der Waals surface area (Å²) in [6, 6.07) is 6.06. The van der Waals surface area contributed by atoms with Gasteiger partial charge in [-0.15, -0.1) is 11.3 Å². The van der Waals surface area contributed by atoms with Crippen LogP contribution in [0.5, 0.6) is 5.88 Å². The van der Waals surface area contributed by atoms with Crippen LogP contribution in [0.25, 0.3) is 0 Å². The van der Waals surface area contributed by atoms with Crippen LogP contribution in [-0.2, 0) is 6.54 Å². The second-order valence-corrected chi connectivity index (χ2v) is 5.23. The second kappa shape index (κ2) is 5.19. The summed E-state index contributed by atoms with van der Waals surface area (Å²) in [4.78, 5) is 6.80. The predicted molar refractivity (Wildman–Crippen MR) is 71.9 cm³/mol. The van der Waals surface area contributed by atoms with E-state index in [0.29, 0.717) is 5.88 Å². The van der Waals surface area contributed by atoms with Gasteiger partial charge in [0.1, 0.15) is 0 Å². The summed E-state index contributed by atoms with van der Waals surface area (Å²) in [6.07, 6.45) is 1.74. The maximum atomic E-state index is 5.08. The van der Waals surface area contributed by atoms with Gasteiger partial charge in [-0.1, -0.05) is 0 Å². The van der Waals surface area contributed by atoms with Gasteiger partial charge in [0.15, 0.2) is 0 Å². The molecule has 0 aliphatic rings. The average molecular weight is 248 g/mol. The number of thiophene rings is 1. The van der Waals surface area contributed by atoms with Gasteiger partial charge in [0.2, 0.25) is 5.88 Å². The SMILES string of the molecule is COc1cc(NCc2cc(C)c(C)s2)ccn1. The van der Waals surface area contributed by atoms with Crippen LogP contribution in [-0.4, -0.2) is 12.1 Å².